The highest BCUT2D eigenvalue weighted by atomic mass is 19.4. The van der Waals surface area contributed by atoms with Crippen molar-refractivity contribution in [3.8, 4) is 11.4 Å². The first-order chi connectivity index (χ1) is 13.4. The molecule has 0 bridgehead atoms. The molecule has 0 unspecified atom stereocenters. The summed E-state index contributed by atoms with van der Waals surface area (Å²) in [6.07, 6.45) is 0.209. The van der Waals surface area contributed by atoms with Crippen LogP contribution in [0.3, 0.4) is 0 Å². The third-order valence-corrected chi connectivity index (χ3v) is 4.42. The highest BCUT2D eigenvalue weighted by molar-refractivity contribution is 5.84. The van der Waals surface area contributed by atoms with Crippen LogP contribution in [0.5, 0.6) is 0 Å². The van der Waals surface area contributed by atoms with E-state index >= 15 is 0 Å². The molecule has 8 heteroatoms. The number of nitrogens with one attached hydrogen (secondary N) is 3. The van der Waals surface area contributed by atoms with E-state index in [0.717, 1.165) is 40.5 Å². The van der Waals surface area contributed by atoms with Gasteiger partial charge < -0.3 is 5.32 Å². The van der Waals surface area contributed by atoms with Crippen LogP contribution in [-0.2, 0) is 6.18 Å². The highest BCUT2D eigenvalue weighted by Crippen LogP contribution is 2.31. The molecule has 28 heavy (non-hydrogen) atoms. The summed E-state index contributed by atoms with van der Waals surface area (Å²) in [5.74, 6) is 1.15. The average Bonchev–Trinajstić information content (AvgIpc) is 2.68. The van der Waals surface area contributed by atoms with Crippen LogP contribution >= 0.6 is 0 Å². The molecule has 0 aliphatic carbocycles. The van der Waals surface area contributed by atoms with Crippen molar-refractivity contribution in [2.75, 3.05) is 17.2 Å². The quantitative estimate of drug-likeness (QED) is 0.712. The first-order valence-corrected chi connectivity index (χ1v) is 8.65. The molecular formula is C20H17F3N5+. The molecule has 0 saturated heterocycles. The maximum Gasteiger partial charge on any atom is 0.419 e. The predicted octanol–water partition coefficient (Wildman–Crippen LogP) is 4.16. The fraction of sp³-hybridized carbons (Fsp3) is 0.150. The summed E-state index contributed by atoms with van der Waals surface area (Å²) in [4.78, 5) is 11.7. The first kappa shape index (κ1) is 18.0. The molecule has 3 aromatic rings. The molecule has 4 heterocycles. The molecule has 1 aliphatic rings. The number of H-pyrrole nitrogens is 1. The number of halogens is 3. The minimum atomic E-state index is -4.38. The van der Waals surface area contributed by atoms with Crippen LogP contribution in [0, 0.1) is 6.92 Å². The number of alkyl halides is 3. The van der Waals surface area contributed by atoms with E-state index in [0.29, 0.717) is 18.2 Å². The van der Waals surface area contributed by atoms with Gasteiger partial charge in [-0.25, -0.2) is 15.3 Å². The van der Waals surface area contributed by atoms with Gasteiger partial charge in [-0.05, 0) is 42.8 Å². The lowest BCUT2D eigenvalue weighted by Gasteiger charge is -2.17. The number of pyridine rings is 3. The molecular weight excluding hydrogens is 367 g/mol. The highest BCUT2D eigenvalue weighted by Gasteiger charge is 2.31. The van der Waals surface area contributed by atoms with Crippen LogP contribution in [0.2, 0.25) is 0 Å². The first-order valence-electron chi connectivity index (χ1n) is 8.65. The Labute approximate surface area is 159 Å². The summed E-state index contributed by atoms with van der Waals surface area (Å²) in [6.45, 7) is 2.53. The van der Waals surface area contributed by atoms with Crippen LogP contribution in [-0.4, -0.2) is 16.5 Å². The molecule has 0 atom stereocenters. The van der Waals surface area contributed by atoms with Gasteiger partial charge in [0.05, 0.1) is 22.5 Å². The van der Waals surface area contributed by atoms with Crippen molar-refractivity contribution in [2.45, 2.75) is 13.1 Å². The van der Waals surface area contributed by atoms with Gasteiger partial charge in [-0.1, -0.05) is 6.07 Å². The fourth-order valence-corrected chi connectivity index (χ4v) is 3.00. The standard InChI is InChI=1S/C20H16F3N5/c1-12-3-2-9-24-18(12)16-6-5-14-15(8-10-25-19(14)28-16)27-17-7-4-13(11-26-17)20(21,22)23/h2-9,11H,10H2,1H3,(H,25,28)(H,26,27)/p+1. The summed E-state index contributed by atoms with van der Waals surface area (Å²) in [5, 5.41) is 6.35. The van der Waals surface area contributed by atoms with Crippen molar-refractivity contribution in [1.82, 2.24) is 9.97 Å². The maximum atomic E-state index is 12.7. The zero-order valence-corrected chi connectivity index (χ0v) is 14.9. The smallest absolute Gasteiger partial charge is 0.366 e. The number of nitrogens with zero attached hydrogens (tertiary/aromatic N) is 2. The van der Waals surface area contributed by atoms with E-state index in [4.69, 9.17) is 0 Å². The van der Waals surface area contributed by atoms with Gasteiger partial charge in [0.2, 0.25) is 0 Å². The molecule has 1 aliphatic heterocycles. The molecule has 3 aromatic heterocycles. The van der Waals surface area contributed by atoms with Crippen molar-refractivity contribution < 1.29 is 18.2 Å². The van der Waals surface area contributed by atoms with E-state index in [1.165, 1.54) is 6.07 Å². The number of rotatable bonds is 3. The largest absolute Gasteiger partial charge is 0.419 e. The summed E-state index contributed by atoms with van der Waals surface area (Å²) in [7, 11) is 0. The molecule has 0 amide bonds. The van der Waals surface area contributed by atoms with Gasteiger partial charge in [-0.2, -0.15) is 13.2 Å². The number of hydrogen-bond acceptors (Lipinski definition) is 4. The summed E-state index contributed by atoms with van der Waals surface area (Å²) in [6, 6.07) is 10.1. The number of fused-ring (bicyclic) bond motifs is 1. The number of aromatic nitrogens is 3. The molecule has 5 nitrogen and oxygen atoms in total. The lowest BCUT2D eigenvalue weighted by Crippen LogP contribution is -2.19. The van der Waals surface area contributed by atoms with Crippen LogP contribution in [0.4, 0.5) is 24.8 Å². The SMILES string of the molecule is Cc1cccnc1-c1ccc2c(n1)NCC=C2Nc1ccc(C(F)(F)F)c[nH+]1. The normalized spacial score (nSPS) is 13.4. The van der Waals surface area contributed by atoms with Gasteiger partial charge in [0.15, 0.2) is 0 Å². The van der Waals surface area contributed by atoms with Gasteiger partial charge in [0.25, 0.3) is 5.82 Å². The van der Waals surface area contributed by atoms with Crippen molar-refractivity contribution in [1.29, 1.82) is 0 Å². The molecule has 142 valence electrons. The van der Waals surface area contributed by atoms with E-state index < -0.39 is 11.7 Å². The van der Waals surface area contributed by atoms with E-state index in [-0.39, 0.29) is 0 Å². The summed E-state index contributed by atoms with van der Waals surface area (Å²) in [5.41, 5.74) is 3.46. The van der Waals surface area contributed by atoms with Crippen molar-refractivity contribution in [3.05, 3.63) is 71.6 Å². The van der Waals surface area contributed by atoms with Crippen LogP contribution in [0.15, 0.2) is 54.9 Å². The third kappa shape index (κ3) is 3.53. The second-order valence-electron chi connectivity index (χ2n) is 6.37. The number of aromatic amines is 1. The molecule has 0 aromatic carbocycles. The predicted molar refractivity (Wildman–Crippen MR) is 100 cm³/mol. The molecule has 0 fully saturated rings. The third-order valence-electron chi connectivity index (χ3n) is 4.42. The zero-order chi connectivity index (χ0) is 19.7. The molecule has 3 N–H and O–H groups in total. The Hall–Kier alpha value is -3.42. The molecule has 0 radical (unpaired) electrons. The summed E-state index contributed by atoms with van der Waals surface area (Å²) < 4.78 is 38.1. The van der Waals surface area contributed by atoms with Gasteiger partial charge in [-0.15, -0.1) is 0 Å². The topological polar surface area (TPSA) is 64.0 Å². The Bertz CT molecular complexity index is 1040. The second-order valence-corrected chi connectivity index (χ2v) is 6.37. The van der Waals surface area contributed by atoms with E-state index in [1.807, 2.05) is 37.3 Å². The van der Waals surface area contributed by atoms with E-state index in [9.17, 15) is 13.2 Å². The number of aryl methyl sites for hydroxylation is 1. The van der Waals surface area contributed by atoms with Crippen LogP contribution in [0.1, 0.15) is 16.7 Å². The average molecular weight is 384 g/mol. The number of anilines is 2. The lowest BCUT2D eigenvalue weighted by atomic mass is 10.1. The van der Waals surface area contributed by atoms with Crippen molar-refractivity contribution >= 4 is 17.3 Å². The molecule has 4 rings (SSSR count). The van der Waals surface area contributed by atoms with Gasteiger partial charge in [0.1, 0.15) is 17.7 Å². The fourth-order valence-electron chi connectivity index (χ4n) is 3.00. The van der Waals surface area contributed by atoms with E-state index in [1.54, 1.807) is 6.20 Å². The van der Waals surface area contributed by atoms with Gasteiger partial charge in [0, 0.05) is 18.8 Å². The minimum absolute atomic E-state index is 0.455. The Morgan fingerprint density at radius 3 is 2.71 bits per heavy atom. The second kappa shape index (κ2) is 6.95. The Morgan fingerprint density at radius 2 is 2.00 bits per heavy atom. The lowest BCUT2D eigenvalue weighted by molar-refractivity contribution is -0.364. The van der Waals surface area contributed by atoms with Crippen molar-refractivity contribution in [2.24, 2.45) is 0 Å². The monoisotopic (exact) mass is 384 g/mol. The molecule has 0 spiro atoms. The Balaban J connectivity index is 1.60. The van der Waals surface area contributed by atoms with Crippen LogP contribution in [0.25, 0.3) is 17.1 Å². The maximum absolute atomic E-state index is 12.7. The van der Waals surface area contributed by atoms with E-state index in [2.05, 4.69) is 25.6 Å². The molecule has 0 saturated carbocycles. The Kier molecular flexibility index (Phi) is 4.46. The van der Waals surface area contributed by atoms with Crippen molar-refractivity contribution in [3.63, 3.8) is 0 Å². The Morgan fingerprint density at radius 1 is 1.14 bits per heavy atom. The zero-order valence-electron chi connectivity index (χ0n) is 14.9. The minimum Gasteiger partial charge on any atom is -0.366 e. The van der Waals surface area contributed by atoms with Crippen LogP contribution < -0.4 is 15.6 Å². The van der Waals surface area contributed by atoms with Gasteiger partial charge in [-0.3, -0.25) is 4.98 Å². The number of hydrogen-bond donors (Lipinski definition) is 2. The summed E-state index contributed by atoms with van der Waals surface area (Å²) >= 11 is 0. The van der Waals surface area contributed by atoms with Gasteiger partial charge >= 0.3 is 6.18 Å².